The van der Waals surface area contributed by atoms with Gasteiger partial charge in [0.25, 0.3) is 11.8 Å². The van der Waals surface area contributed by atoms with Crippen molar-refractivity contribution in [2.24, 2.45) is 0 Å². The number of unbranched alkanes of at least 4 members (excludes halogenated alkanes) is 1. The van der Waals surface area contributed by atoms with Gasteiger partial charge in [-0.05, 0) is 67.8 Å². The normalized spacial score (nSPS) is 10.6. The summed E-state index contributed by atoms with van der Waals surface area (Å²) in [6.07, 6.45) is 6.60. The highest BCUT2D eigenvalue weighted by Gasteiger charge is 2.05. The summed E-state index contributed by atoms with van der Waals surface area (Å²) in [5.74, 6) is 1.27. The number of benzene rings is 2. The van der Waals surface area contributed by atoms with Crippen molar-refractivity contribution in [2.75, 3.05) is 27.3 Å². The number of rotatable bonds is 11. The summed E-state index contributed by atoms with van der Waals surface area (Å²) in [5, 5.41) is 5.78. The average molecular weight is 396 g/mol. The Hall–Kier alpha value is -3.28. The number of methoxy groups -OCH3 is 2. The lowest BCUT2D eigenvalue weighted by Crippen LogP contribution is -2.24. The van der Waals surface area contributed by atoms with Crippen LogP contribution in [0, 0.1) is 0 Å². The summed E-state index contributed by atoms with van der Waals surface area (Å²) < 4.78 is 10.2. The molecule has 154 valence electrons. The third-order valence-corrected chi connectivity index (χ3v) is 4.30. The first-order chi connectivity index (χ1) is 14.1. The van der Waals surface area contributed by atoms with Crippen molar-refractivity contribution in [1.82, 2.24) is 10.6 Å². The van der Waals surface area contributed by atoms with E-state index >= 15 is 0 Å². The third kappa shape index (κ3) is 7.70. The molecule has 0 aliphatic carbocycles. The van der Waals surface area contributed by atoms with Gasteiger partial charge in [0.1, 0.15) is 11.5 Å². The second kappa shape index (κ2) is 12.2. The van der Waals surface area contributed by atoms with Gasteiger partial charge in [0.05, 0.1) is 14.2 Å². The number of allylic oxidation sites excluding steroid dienone is 1. The molecule has 0 atom stereocenters. The maximum atomic E-state index is 12.0. The number of carbonyl (C=O) groups excluding carboxylic acids is 2. The van der Waals surface area contributed by atoms with Crippen LogP contribution >= 0.6 is 0 Å². The maximum absolute atomic E-state index is 12.0. The van der Waals surface area contributed by atoms with Crippen molar-refractivity contribution in [3.8, 4) is 11.5 Å². The molecule has 0 unspecified atom stereocenters. The van der Waals surface area contributed by atoms with Gasteiger partial charge in [-0.25, -0.2) is 0 Å². The van der Waals surface area contributed by atoms with Crippen LogP contribution < -0.4 is 20.1 Å². The Morgan fingerprint density at radius 2 is 1.17 bits per heavy atom. The highest BCUT2D eigenvalue weighted by atomic mass is 16.5. The van der Waals surface area contributed by atoms with Gasteiger partial charge in [-0.3, -0.25) is 9.59 Å². The highest BCUT2D eigenvalue weighted by molar-refractivity contribution is 5.94. The first-order valence-electron chi connectivity index (χ1n) is 9.63. The van der Waals surface area contributed by atoms with E-state index in [1.165, 1.54) is 0 Å². The SMILES string of the molecule is COc1ccc(C(=O)NCC/C=C/CCCNC(=O)c2ccc(OC)cc2)cc1. The lowest BCUT2D eigenvalue weighted by molar-refractivity contribution is 0.0945. The predicted octanol–water partition coefficient (Wildman–Crippen LogP) is 3.59. The van der Waals surface area contributed by atoms with Crippen LogP contribution in [0.25, 0.3) is 0 Å². The molecular formula is C23H28N2O4. The van der Waals surface area contributed by atoms with Crippen molar-refractivity contribution in [3.63, 3.8) is 0 Å². The molecule has 2 rings (SSSR count). The van der Waals surface area contributed by atoms with Gasteiger partial charge >= 0.3 is 0 Å². The zero-order chi connectivity index (χ0) is 20.9. The summed E-state index contributed by atoms with van der Waals surface area (Å²) in [4.78, 5) is 24.0. The number of carbonyl (C=O) groups is 2. The van der Waals surface area contributed by atoms with Crippen LogP contribution in [0.2, 0.25) is 0 Å². The predicted molar refractivity (Wildman–Crippen MR) is 114 cm³/mol. The van der Waals surface area contributed by atoms with Crippen molar-refractivity contribution in [2.45, 2.75) is 19.3 Å². The van der Waals surface area contributed by atoms with Gasteiger partial charge in [-0.2, -0.15) is 0 Å². The van der Waals surface area contributed by atoms with Gasteiger partial charge in [-0.15, -0.1) is 0 Å². The molecule has 0 bridgehead atoms. The molecule has 0 radical (unpaired) electrons. The maximum Gasteiger partial charge on any atom is 0.251 e. The molecule has 0 saturated heterocycles. The molecule has 0 aromatic heterocycles. The molecule has 0 fully saturated rings. The molecule has 6 nitrogen and oxygen atoms in total. The molecule has 2 N–H and O–H groups in total. The minimum atomic E-state index is -0.0951. The molecular weight excluding hydrogens is 368 g/mol. The van der Waals surface area contributed by atoms with E-state index in [2.05, 4.69) is 16.7 Å². The number of nitrogens with one attached hydrogen (secondary N) is 2. The molecule has 0 aliphatic rings. The van der Waals surface area contributed by atoms with Gasteiger partial charge < -0.3 is 20.1 Å². The highest BCUT2D eigenvalue weighted by Crippen LogP contribution is 2.12. The van der Waals surface area contributed by atoms with Gasteiger partial charge in [0.2, 0.25) is 0 Å². The van der Waals surface area contributed by atoms with E-state index in [0.29, 0.717) is 24.2 Å². The topological polar surface area (TPSA) is 76.7 Å². The zero-order valence-corrected chi connectivity index (χ0v) is 16.9. The van der Waals surface area contributed by atoms with E-state index in [1.807, 2.05) is 6.08 Å². The van der Waals surface area contributed by atoms with Gasteiger partial charge in [0.15, 0.2) is 0 Å². The standard InChI is InChI=1S/C23H28N2O4/c1-28-20-12-8-18(9-13-20)22(26)24-16-6-4-3-5-7-17-25-23(27)19-10-14-21(29-2)15-11-19/h3-4,8-15H,5-7,16-17H2,1-2H3,(H,24,26)(H,25,27)/b4-3+. The fraction of sp³-hybridized carbons (Fsp3) is 0.304. The van der Waals surface area contributed by atoms with Gasteiger partial charge in [-0.1, -0.05) is 12.2 Å². The summed E-state index contributed by atoms with van der Waals surface area (Å²) in [6, 6.07) is 14.0. The first kappa shape index (κ1) is 22.0. The van der Waals surface area contributed by atoms with Crippen LogP contribution in [-0.4, -0.2) is 39.1 Å². The molecule has 6 heteroatoms. The number of ether oxygens (including phenoxy) is 2. The Bertz CT molecular complexity index is 799. The summed E-state index contributed by atoms with van der Waals surface area (Å²) >= 11 is 0. The molecule has 29 heavy (non-hydrogen) atoms. The van der Waals surface area contributed by atoms with Gasteiger partial charge in [0, 0.05) is 24.2 Å². The Labute approximate surface area is 171 Å². The third-order valence-electron chi connectivity index (χ3n) is 4.30. The largest absolute Gasteiger partial charge is 0.497 e. The Morgan fingerprint density at radius 3 is 1.66 bits per heavy atom. The van der Waals surface area contributed by atoms with E-state index < -0.39 is 0 Å². The van der Waals surface area contributed by atoms with E-state index in [4.69, 9.17) is 9.47 Å². The molecule has 2 amide bonds. The first-order valence-corrected chi connectivity index (χ1v) is 9.63. The summed E-state index contributed by atoms with van der Waals surface area (Å²) in [5.41, 5.74) is 1.23. The van der Waals surface area contributed by atoms with Crippen LogP contribution in [0.3, 0.4) is 0 Å². The fourth-order valence-electron chi connectivity index (χ4n) is 2.62. The van der Waals surface area contributed by atoms with E-state index in [9.17, 15) is 9.59 Å². The lowest BCUT2D eigenvalue weighted by Gasteiger charge is -2.05. The van der Waals surface area contributed by atoms with Crippen LogP contribution in [0.5, 0.6) is 11.5 Å². The second-order valence-corrected chi connectivity index (χ2v) is 6.37. The molecule has 2 aromatic carbocycles. The lowest BCUT2D eigenvalue weighted by atomic mass is 10.2. The molecule has 0 heterocycles. The second-order valence-electron chi connectivity index (χ2n) is 6.37. The monoisotopic (exact) mass is 396 g/mol. The number of hydrogen-bond acceptors (Lipinski definition) is 4. The van der Waals surface area contributed by atoms with E-state index in [-0.39, 0.29) is 11.8 Å². The molecule has 0 aliphatic heterocycles. The fourth-order valence-corrected chi connectivity index (χ4v) is 2.62. The Balaban J connectivity index is 1.55. The minimum absolute atomic E-state index is 0.0853. The Kier molecular flexibility index (Phi) is 9.29. The van der Waals surface area contributed by atoms with E-state index in [1.54, 1.807) is 62.8 Å². The van der Waals surface area contributed by atoms with Crippen molar-refractivity contribution >= 4 is 11.8 Å². The van der Waals surface area contributed by atoms with Crippen LogP contribution in [0.4, 0.5) is 0 Å². The average Bonchev–Trinajstić information content (AvgIpc) is 2.77. The molecule has 0 saturated carbocycles. The Morgan fingerprint density at radius 1 is 0.724 bits per heavy atom. The molecule has 2 aromatic rings. The summed E-state index contributed by atoms with van der Waals surface area (Å²) in [6.45, 7) is 1.19. The van der Waals surface area contributed by atoms with Crippen LogP contribution in [0.1, 0.15) is 40.0 Å². The minimum Gasteiger partial charge on any atom is -0.497 e. The van der Waals surface area contributed by atoms with Crippen molar-refractivity contribution in [1.29, 1.82) is 0 Å². The zero-order valence-electron chi connectivity index (χ0n) is 16.9. The summed E-state index contributed by atoms with van der Waals surface area (Å²) in [7, 11) is 3.19. The quantitative estimate of drug-likeness (QED) is 0.450. The van der Waals surface area contributed by atoms with Crippen molar-refractivity contribution < 1.29 is 19.1 Å². The smallest absolute Gasteiger partial charge is 0.251 e. The van der Waals surface area contributed by atoms with E-state index in [0.717, 1.165) is 30.8 Å². The number of amides is 2. The van der Waals surface area contributed by atoms with Crippen molar-refractivity contribution in [3.05, 3.63) is 71.8 Å². The van der Waals surface area contributed by atoms with Crippen LogP contribution in [-0.2, 0) is 0 Å². The van der Waals surface area contributed by atoms with Crippen LogP contribution in [0.15, 0.2) is 60.7 Å². The molecule has 0 spiro atoms. The number of hydrogen-bond donors (Lipinski definition) is 2.